The second-order valence-corrected chi connectivity index (χ2v) is 5.26. The fraction of sp³-hybridized carbons (Fsp3) is 0.538. The first-order valence-electron chi connectivity index (χ1n) is 6.45. The summed E-state index contributed by atoms with van der Waals surface area (Å²) in [5, 5.41) is 3.66. The number of hydrogen-bond donors (Lipinski definition) is 2. The molecule has 0 spiro atoms. The Hall–Kier alpha value is -1.58. The van der Waals surface area contributed by atoms with Crippen LogP contribution in [0.15, 0.2) is 28.4 Å². The molecule has 4 aliphatic rings. The van der Waals surface area contributed by atoms with Crippen LogP contribution in [-0.2, 0) is 0 Å². The number of hydrazone groups is 1. The highest BCUT2D eigenvalue weighted by molar-refractivity contribution is 6.47. The summed E-state index contributed by atoms with van der Waals surface area (Å²) in [6.45, 7) is 0.612. The number of hydrogen-bond acceptors (Lipinski definition) is 3. The average Bonchev–Trinajstić information content (AvgIpc) is 2.90. The van der Waals surface area contributed by atoms with Crippen LogP contribution in [0.4, 0.5) is 0 Å². The first kappa shape index (κ1) is 9.45. The highest BCUT2D eigenvalue weighted by Gasteiger charge is 2.44. The topological polar surface area (TPSA) is 53.4 Å². The number of nitrogens with two attached hydrogens (primary N) is 1. The third-order valence-corrected chi connectivity index (χ3v) is 4.31. The van der Waals surface area contributed by atoms with E-state index >= 15 is 0 Å². The lowest BCUT2D eigenvalue weighted by Gasteiger charge is -2.22. The van der Waals surface area contributed by atoms with Crippen molar-refractivity contribution in [1.82, 2.24) is 5.32 Å². The monoisotopic (exact) mass is 229 g/mol. The third kappa shape index (κ3) is 1.18. The Morgan fingerprint density at radius 2 is 2.24 bits per heavy atom. The van der Waals surface area contributed by atoms with Crippen LogP contribution in [0, 0.1) is 5.92 Å². The first-order chi connectivity index (χ1) is 8.34. The predicted octanol–water partition coefficient (Wildman–Crippen LogP) is 0.712. The van der Waals surface area contributed by atoms with Crippen LogP contribution in [-0.4, -0.2) is 28.8 Å². The molecule has 2 atom stereocenters. The molecule has 88 valence electrons. The summed E-state index contributed by atoms with van der Waals surface area (Å²) in [6, 6.07) is 0.423. The van der Waals surface area contributed by atoms with Crippen LogP contribution in [0.1, 0.15) is 25.7 Å². The lowest BCUT2D eigenvalue weighted by atomic mass is 9.80. The minimum atomic E-state index is 0.423. The van der Waals surface area contributed by atoms with Crippen LogP contribution in [0.3, 0.4) is 0 Å². The van der Waals surface area contributed by atoms with Crippen molar-refractivity contribution in [2.24, 2.45) is 16.8 Å². The smallest absolute Gasteiger partial charge is 0.264 e. The molecule has 0 amide bonds. The van der Waals surface area contributed by atoms with Gasteiger partial charge >= 0.3 is 0 Å². The fourth-order valence-electron chi connectivity index (χ4n) is 3.52. The Bertz CT molecular complexity index is 510. The summed E-state index contributed by atoms with van der Waals surface area (Å²) in [5.74, 6) is 6.39. The zero-order valence-corrected chi connectivity index (χ0v) is 9.82. The van der Waals surface area contributed by atoms with E-state index in [4.69, 9.17) is 5.84 Å². The van der Waals surface area contributed by atoms with Gasteiger partial charge in [-0.3, -0.25) is 0 Å². The molecule has 0 fully saturated rings. The average molecular weight is 229 g/mol. The van der Waals surface area contributed by atoms with Crippen LogP contribution in [0.5, 0.6) is 0 Å². The van der Waals surface area contributed by atoms with Gasteiger partial charge in [-0.15, -0.1) is 0 Å². The SMILES string of the molecule is N[N+]1=C2C=CC3NC4=C(CCCC4)C3C2=NC1. The van der Waals surface area contributed by atoms with Crippen molar-refractivity contribution in [3.63, 3.8) is 0 Å². The first-order valence-corrected chi connectivity index (χ1v) is 6.45. The van der Waals surface area contributed by atoms with Gasteiger partial charge in [-0.05, 0) is 31.3 Å². The Balaban J connectivity index is 1.82. The van der Waals surface area contributed by atoms with Gasteiger partial charge in [0.05, 0.1) is 12.0 Å². The summed E-state index contributed by atoms with van der Waals surface area (Å²) in [4.78, 5) is 4.63. The van der Waals surface area contributed by atoms with Gasteiger partial charge in [0.15, 0.2) is 0 Å². The summed E-state index contributed by atoms with van der Waals surface area (Å²) >= 11 is 0. The van der Waals surface area contributed by atoms with E-state index in [9.17, 15) is 0 Å². The molecule has 0 radical (unpaired) electrons. The molecule has 2 heterocycles. The van der Waals surface area contributed by atoms with Gasteiger partial charge in [0.1, 0.15) is 5.71 Å². The molecule has 0 aromatic carbocycles. The summed E-state index contributed by atoms with van der Waals surface area (Å²) in [7, 11) is 0. The number of nitrogens with zero attached hydrogens (tertiary/aromatic N) is 2. The molecule has 2 aliphatic heterocycles. The van der Waals surface area contributed by atoms with E-state index in [1.165, 1.54) is 37.1 Å². The van der Waals surface area contributed by atoms with E-state index in [1.54, 1.807) is 10.3 Å². The predicted molar refractivity (Wildman–Crippen MR) is 66.8 cm³/mol. The molecule has 4 heteroatoms. The Morgan fingerprint density at radius 1 is 1.35 bits per heavy atom. The lowest BCUT2D eigenvalue weighted by Crippen LogP contribution is -2.40. The minimum Gasteiger partial charge on any atom is -0.381 e. The van der Waals surface area contributed by atoms with Crippen LogP contribution in [0.25, 0.3) is 0 Å². The Kier molecular flexibility index (Phi) is 1.79. The number of fused-ring (bicyclic) bond motifs is 4. The normalized spacial score (nSPS) is 34.2. The molecule has 0 aromatic rings. The maximum Gasteiger partial charge on any atom is 0.264 e. The molecule has 0 bridgehead atoms. The lowest BCUT2D eigenvalue weighted by molar-refractivity contribution is -0.532. The zero-order chi connectivity index (χ0) is 11.4. The highest BCUT2D eigenvalue weighted by Crippen LogP contribution is 2.39. The van der Waals surface area contributed by atoms with E-state index in [2.05, 4.69) is 22.5 Å². The van der Waals surface area contributed by atoms with Crippen LogP contribution < -0.4 is 11.2 Å². The van der Waals surface area contributed by atoms with Crippen LogP contribution in [0.2, 0.25) is 0 Å². The van der Waals surface area contributed by atoms with Crippen LogP contribution >= 0.6 is 0 Å². The standard InChI is InChI=1S/C13H17N4/c14-17-7-15-13-11(17)6-5-10-12(13)8-3-1-2-4-9(8)16-10/h5-6,10,12,16H,1-4,7,14H2/q+1. The molecule has 4 nitrogen and oxygen atoms in total. The van der Waals surface area contributed by atoms with Crippen molar-refractivity contribution < 1.29 is 4.68 Å². The summed E-state index contributed by atoms with van der Waals surface area (Å²) < 4.78 is 1.75. The van der Waals surface area contributed by atoms with E-state index in [0.29, 0.717) is 18.6 Å². The second kappa shape index (κ2) is 3.22. The van der Waals surface area contributed by atoms with Crippen molar-refractivity contribution >= 4 is 11.4 Å². The van der Waals surface area contributed by atoms with Gasteiger partial charge in [0, 0.05) is 11.8 Å². The quantitative estimate of drug-likeness (QED) is 0.475. The van der Waals surface area contributed by atoms with Gasteiger partial charge in [-0.1, -0.05) is 10.8 Å². The zero-order valence-electron chi connectivity index (χ0n) is 9.82. The van der Waals surface area contributed by atoms with Crippen molar-refractivity contribution in [1.29, 1.82) is 0 Å². The molecular formula is C13H17N4+. The van der Waals surface area contributed by atoms with Gasteiger partial charge in [-0.25, -0.2) is 10.8 Å². The highest BCUT2D eigenvalue weighted by atomic mass is 15.4. The molecule has 4 rings (SSSR count). The van der Waals surface area contributed by atoms with Crippen molar-refractivity contribution in [3.8, 4) is 0 Å². The van der Waals surface area contributed by atoms with E-state index in [0.717, 1.165) is 5.71 Å². The molecule has 0 saturated carbocycles. The van der Waals surface area contributed by atoms with Gasteiger partial charge in [0.2, 0.25) is 0 Å². The molecule has 2 unspecified atom stereocenters. The largest absolute Gasteiger partial charge is 0.381 e. The molecule has 0 saturated heterocycles. The molecule has 3 N–H and O–H groups in total. The molecular weight excluding hydrogens is 212 g/mol. The number of hydrazine groups is 1. The molecule has 0 aromatic heterocycles. The second-order valence-electron chi connectivity index (χ2n) is 5.26. The Labute approximate surface area is 101 Å². The number of aliphatic imine (C=N–C) groups is 1. The number of rotatable bonds is 0. The van der Waals surface area contributed by atoms with Crippen molar-refractivity contribution in [3.05, 3.63) is 23.4 Å². The number of allylic oxidation sites excluding steroid dienone is 2. The van der Waals surface area contributed by atoms with Gasteiger partial charge in [0.25, 0.3) is 12.4 Å². The van der Waals surface area contributed by atoms with E-state index in [1.807, 2.05) is 0 Å². The summed E-state index contributed by atoms with van der Waals surface area (Å²) in [5.41, 5.74) is 5.40. The van der Waals surface area contributed by atoms with E-state index < -0.39 is 0 Å². The van der Waals surface area contributed by atoms with E-state index in [-0.39, 0.29) is 0 Å². The minimum absolute atomic E-state index is 0.423. The number of nitrogens with one attached hydrogen (secondary N) is 1. The molecule has 2 aliphatic carbocycles. The van der Waals surface area contributed by atoms with Crippen molar-refractivity contribution in [2.45, 2.75) is 31.7 Å². The van der Waals surface area contributed by atoms with Gasteiger partial charge in [-0.2, -0.15) is 0 Å². The maximum absolute atomic E-state index is 5.93. The summed E-state index contributed by atoms with van der Waals surface area (Å²) in [6.07, 6.45) is 9.46. The van der Waals surface area contributed by atoms with Crippen molar-refractivity contribution in [2.75, 3.05) is 6.67 Å². The molecule has 17 heavy (non-hydrogen) atoms. The third-order valence-electron chi connectivity index (χ3n) is 4.31. The maximum atomic E-state index is 5.93. The fourth-order valence-corrected chi connectivity index (χ4v) is 3.52. The Morgan fingerprint density at radius 3 is 3.18 bits per heavy atom. The van der Waals surface area contributed by atoms with Gasteiger partial charge < -0.3 is 5.32 Å².